The van der Waals surface area contributed by atoms with Crippen LogP contribution in [0, 0.1) is 5.92 Å². The Morgan fingerprint density at radius 1 is 1.40 bits per heavy atom. The summed E-state index contributed by atoms with van der Waals surface area (Å²) < 4.78 is 16.4. The van der Waals surface area contributed by atoms with Gasteiger partial charge in [0.15, 0.2) is 0 Å². The van der Waals surface area contributed by atoms with Crippen molar-refractivity contribution in [3.8, 4) is 0 Å². The number of halogens is 1. The Morgan fingerprint density at radius 2 is 2.00 bits per heavy atom. The van der Waals surface area contributed by atoms with Crippen LogP contribution in [-0.2, 0) is 7.81 Å². The molecule has 1 saturated heterocycles. The summed E-state index contributed by atoms with van der Waals surface area (Å²) in [5, 5.41) is 0. The Balaban J connectivity index is 2.53. The molecule has 2 atom stereocenters. The minimum absolute atomic E-state index is 0.191. The van der Waals surface area contributed by atoms with E-state index in [0.717, 1.165) is 0 Å². The van der Waals surface area contributed by atoms with Crippen molar-refractivity contribution in [2.24, 2.45) is 5.92 Å². The number of carbonyl (C=O) groups is 1. The number of hydrogen-bond acceptors (Lipinski definition) is 3. The number of alkyl halides is 1. The van der Waals surface area contributed by atoms with Crippen molar-refractivity contribution in [1.29, 1.82) is 0 Å². The maximum atomic E-state index is 11.7. The minimum atomic E-state index is -1.02. The first-order chi connectivity index (χ1) is 6.83. The van der Waals surface area contributed by atoms with Gasteiger partial charge in [-0.15, -0.1) is 0 Å². The summed E-state index contributed by atoms with van der Waals surface area (Å²) in [4.78, 5) is 13.3. The Bertz CT molecular complexity index is 262. The van der Waals surface area contributed by atoms with Crippen LogP contribution in [0.5, 0.6) is 0 Å². The fraction of sp³-hybridized carbons (Fsp3) is 0.900. The van der Waals surface area contributed by atoms with E-state index in [-0.39, 0.29) is 10.0 Å². The molecule has 0 saturated carbocycles. The molecule has 15 heavy (non-hydrogen) atoms. The highest BCUT2D eigenvalue weighted by Crippen LogP contribution is 2.27. The average molecular weight is 327 g/mol. The first kappa shape index (κ1) is 12.9. The quantitative estimate of drug-likeness (QED) is 0.549. The molecule has 0 aromatic carbocycles. The second-order valence-electron chi connectivity index (χ2n) is 4.97. The summed E-state index contributed by atoms with van der Waals surface area (Å²) in [5.74, 6) is 0.336. The standard InChI is InChI=1S/C10H18INO3/c1-7-5-12(6-8(7)11-14)9(13)15-10(2,3)4/h7-8H,5-6H2,1-4H3/t7?,8-/m1/s1. The predicted molar refractivity (Wildman–Crippen MR) is 65.5 cm³/mol. The molecule has 1 amide bonds. The third-order valence-electron chi connectivity index (χ3n) is 2.29. The summed E-state index contributed by atoms with van der Waals surface area (Å²) in [6.45, 7) is 8.84. The largest absolute Gasteiger partial charge is 0.444 e. The van der Waals surface area contributed by atoms with Gasteiger partial charge in [0.25, 0.3) is 0 Å². The summed E-state index contributed by atoms with van der Waals surface area (Å²) >= 11 is -1.02. The molecule has 0 N–H and O–H groups in total. The molecule has 1 fully saturated rings. The van der Waals surface area contributed by atoms with Gasteiger partial charge in [-0.05, 0) is 26.7 Å². The molecule has 0 bridgehead atoms. The zero-order valence-electron chi connectivity index (χ0n) is 9.62. The molecule has 1 unspecified atom stereocenters. The van der Waals surface area contributed by atoms with Crippen LogP contribution < -0.4 is 0 Å². The Hall–Kier alpha value is -0.200. The Labute approximate surface area is 101 Å². The van der Waals surface area contributed by atoms with Crippen LogP contribution >= 0.6 is 21.2 Å². The molecule has 1 rings (SSSR count). The van der Waals surface area contributed by atoms with Crippen LogP contribution in [0.15, 0.2) is 0 Å². The molecule has 1 aliphatic rings. The smallest absolute Gasteiger partial charge is 0.410 e. The van der Waals surface area contributed by atoms with Gasteiger partial charge in [0.05, 0.1) is 3.92 Å². The van der Waals surface area contributed by atoms with E-state index >= 15 is 0 Å². The van der Waals surface area contributed by atoms with Crippen molar-refractivity contribution in [2.45, 2.75) is 37.2 Å². The summed E-state index contributed by atoms with van der Waals surface area (Å²) in [6, 6.07) is 0. The Kier molecular flexibility index (Phi) is 4.08. The molecule has 1 aliphatic heterocycles. The van der Waals surface area contributed by atoms with Gasteiger partial charge in [0.1, 0.15) is 26.8 Å². The molecule has 0 spiro atoms. The van der Waals surface area contributed by atoms with Crippen LogP contribution in [0.25, 0.3) is 0 Å². The van der Waals surface area contributed by atoms with Gasteiger partial charge in [-0.3, -0.25) is 3.07 Å². The molecular formula is C10H18INO3. The fourth-order valence-electron chi connectivity index (χ4n) is 1.52. The van der Waals surface area contributed by atoms with Crippen LogP contribution in [0.2, 0.25) is 0 Å². The van der Waals surface area contributed by atoms with Gasteiger partial charge in [-0.2, -0.15) is 0 Å². The fourth-order valence-corrected chi connectivity index (χ4v) is 2.88. The summed E-state index contributed by atoms with van der Waals surface area (Å²) in [7, 11) is 0. The van der Waals surface area contributed by atoms with E-state index < -0.39 is 26.8 Å². The van der Waals surface area contributed by atoms with Crippen molar-refractivity contribution in [3.05, 3.63) is 0 Å². The monoisotopic (exact) mass is 327 g/mol. The van der Waals surface area contributed by atoms with E-state index in [1.807, 2.05) is 27.7 Å². The zero-order chi connectivity index (χ0) is 11.6. The number of amides is 1. The van der Waals surface area contributed by atoms with Gasteiger partial charge >= 0.3 is 6.09 Å². The molecule has 0 aromatic rings. The second kappa shape index (κ2) is 4.76. The van der Waals surface area contributed by atoms with Crippen molar-refractivity contribution < 1.29 is 12.6 Å². The lowest BCUT2D eigenvalue weighted by Crippen LogP contribution is -2.35. The first-order valence-corrected chi connectivity index (χ1v) is 7.19. The number of carbonyl (C=O) groups excluding carboxylic acids is 1. The average Bonchev–Trinajstić information content (AvgIpc) is 2.43. The van der Waals surface area contributed by atoms with E-state index in [4.69, 9.17) is 4.74 Å². The van der Waals surface area contributed by atoms with Crippen molar-refractivity contribution in [3.63, 3.8) is 0 Å². The van der Waals surface area contributed by atoms with Crippen molar-refractivity contribution in [2.75, 3.05) is 13.1 Å². The maximum absolute atomic E-state index is 11.7. The third kappa shape index (κ3) is 3.70. The van der Waals surface area contributed by atoms with E-state index in [2.05, 4.69) is 0 Å². The molecule has 0 aliphatic carbocycles. The maximum Gasteiger partial charge on any atom is 0.410 e. The molecule has 5 heteroatoms. The van der Waals surface area contributed by atoms with E-state index in [0.29, 0.717) is 19.0 Å². The Morgan fingerprint density at radius 3 is 2.40 bits per heavy atom. The predicted octanol–water partition coefficient (Wildman–Crippen LogP) is 2.56. The lowest BCUT2D eigenvalue weighted by molar-refractivity contribution is 0.0290. The van der Waals surface area contributed by atoms with Gasteiger partial charge < -0.3 is 9.64 Å². The molecular weight excluding hydrogens is 309 g/mol. The van der Waals surface area contributed by atoms with Gasteiger partial charge in [-0.25, -0.2) is 4.79 Å². The highest BCUT2D eigenvalue weighted by atomic mass is 127. The van der Waals surface area contributed by atoms with Crippen molar-refractivity contribution >= 4 is 27.3 Å². The van der Waals surface area contributed by atoms with Crippen LogP contribution in [0.4, 0.5) is 4.79 Å². The highest BCUT2D eigenvalue weighted by molar-refractivity contribution is 14.1. The number of hydrogen-bond donors (Lipinski definition) is 0. The van der Waals surface area contributed by atoms with E-state index in [9.17, 15) is 7.86 Å². The topological polar surface area (TPSA) is 46.6 Å². The van der Waals surface area contributed by atoms with Crippen LogP contribution in [0.3, 0.4) is 0 Å². The summed E-state index contributed by atoms with van der Waals surface area (Å²) in [5.41, 5.74) is -0.453. The number of nitrogens with zero attached hydrogens (tertiary/aromatic N) is 1. The first-order valence-electron chi connectivity index (χ1n) is 5.07. The molecule has 0 aromatic heterocycles. The number of ether oxygens (including phenoxy) is 1. The molecule has 1 heterocycles. The van der Waals surface area contributed by atoms with Gasteiger partial charge in [0, 0.05) is 13.1 Å². The van der Waals surface area contributed by atoms with Crippen LogP contribution in [0.1, 0.15) is 27.7 Å². The molecule has 88 valence electrons. The highest BCUT2D eigenvalue weighted by Gasteiger charge is 2.34. The third-order valence-corrected chi connectivity index (χ3v) is 4.56. The lowest BCUT2D eigenvalue weighted by atomic mass is 10.2. The number of rotatable bonds is 1. The SMILES string of the molecule is CC1CN(C(=O)OC(C)(C)C)C[C@H]1I=O. The van der Waals surface area contributed by atoms with Gasteiger partial charge in [0.2, 0.25) is 0 Å². The summed E-state index contributed by atoms with van der Waals surface area (Å²) in [6.07, 6.45) is -0.283. The lowest BCUT2D eigenvalue weighted by Gasteiger charge is -2.24. The normalized spacial score (nSPS) is 26.8. The van der Waals surface area contributed by atoms with E-state index in [1.54, 1.807) is 4.90 Å². The minimum Gasteiger partial charge on any atom is -0.444 e. The molecule has 0 radical (unpaired) electrons. The van der Waals surface area contributed by atoms with Gasteiger partial charge in [-0.1, -0.05) is 6.92 Å². The second-order valence-corrected chi connectivity index (χ2v) is 7.08. The number of likely N-dealkylation sites (tertiary alicyclic amines) is 1. The zero-order valence-corrected chi connectivity index (χ0v) is 11.8. The van der Waals surface area contributed by atoms with Crippen molar-refractivity contribution in [1.82, 2.24) is 4.90 Å². The molecule has 4 nitrogen and oxygen atoms in total. The van der Waals surface area contributed by atoms with Crippen LogP contribution in [-0.4, -0.2) is 33.6 Å². The van der Waals surface area contributed by atoms with E-state index in [1.165, 1.54) is 0 Å².